The molecule has 1 heterocycles. The fraction of sp³-hybridized carbons (Fsp3) is 0.350. The summed E-state index contributed by atoms with van der Waals surface area (Å²) in [5.41, 5.74) is 0.931. The molecule has 0 unspecified atom stereocenters. The molecule has 2 aromatic rings. The second-order valence-corrected chi connectivity index (χ2v) is 6.39. The van der Waals surface area contributed by atoms with Crippen molar-refractivity contribution < 1.29 is 24.3 Å². The van der Waals surface area contributed by atoms with Gasteiger partial charge in [0.05, 0.1) is 12.5 Å². The summed E-state index contributed by atoms with van der Waals surface area (Å²) in [4.78, 5) is 24.1. The average Bonchev–Trinajstić information content (AvgIpc) is 2.69. The van der Waals surface area contributed by atoms with E-state index in [9.17, 15) is 20.0 Å². The molecule has 0 amide bonds. The van der Waals surface area contributed by atoms with Crippen LogP contribution in [0.15, 0.2) is 60.7 Å². The molecule has 7 heteroatoms. The van der Waals surface area contributed by atoms with Gasteiger partial charge in [-0.25, -0.2) is 0 Å². The number of nitro groups is 1. The molecule has 3 rings (SSSR count). The van der Waals surface area contributed by atoms with E-state index in [2.05, 4.69) is 0 Å². The Hall–Kier alpha value is -2.77. The lowest BCUT2D eigenvalue weighted by Crippen LogP contribution is -2.56. The number of hydrogen-bond donors (Lipinski definition) is 1. The molecule has 0 saturated carbocycles. The van der Waals surface area contributed by atoms with Crippen LogP contribution in [0.2, 0.25) is 0 Å². The van der Waals surface area contributed by atoms with Gasteiger partial charge in [0.1, 0.15) is 12.5 Å². The third-order valence-corrected chi connectivity index (χ3v) is 4.85. The Morgan fingerprint density at radius 1 is 1.22 bits per heavy atom. The Kier molecular flexibility index (Phi) is 5.53. The van der Waals surface area contributed by atoms with Gasteiger partial charge in [0.15, 0.2) is 0 Å². The molecule has 1 aliphatic heterocycles. The van der Waals surface area contributed by atoms with Gasteiger partial charge in [-0.3, -0.25) is 14.9 Å². The molecule has 142 valence electrons. The highest BCUT2D eigenvalue weighted by Gasteiger charge is 2.59. The summed E-state index contributed by atoms with van der Waals surface area (Å²) in [6.07, 6.45) is 0. The molecule has 1 saturated heterocycles. The van der Waals surface area contributed by atoms with Crippen molar-refractivity contribution in [2.24, 2.45) is 5.92 Å². The number of aliphatic hydroxyl groups is 1. The van der Waals surface area contributed by atoms with Crippen LogP contribution >= 0.6 is 0 Å². The highest BCUT2D eigenvalue weighted by molar-refractivity contribution is 5.76. The van der Waals surface area contributed by atoms with Gasteiger partial charge >= 0.3 is 5.97 Å². The maximum absolute atomic E-state index is 12.9. The molecule has 1 aliphatic rings. The standard InChI is InChI=1S/C20H21NO6/c1-2-26-19(22)18-17(14-9-5-3-6-10-14)16(21(24)25)13-27-20(18,23)15-11-7-4-8-12-15/h3-12,16-18,23H,2,13H2,1H3/t16-,17+,18+,20+/m1/s1. The minimum absolute atomic E-state index is 0.0881. The van der Waals surface area contributed by atoms with Crippen LogP contribution in [0.1, 0.15) is 24.0 Å². The molecule has 4 atom stereocenters. The quantitative estimate of drug-likeness (QED) is 0.492. The van der Waals surface area contributed by atoms with Crippen molar-refractivity contribution in [3.63, 3.8) is 0 Å². The lowest BCUT2D eigenvalue weighted by Gasteiger charge is -2.43. The lowest BCUT2D eigenvalue weighted by molar-refractivity contribution is -0.547. The zero-order valence-corrected chi connectivity index (χ0v) is 14.9. The van der Waals surface area contributed by atoms with E-state index in [0.717, 1.165) is 0 Å². The number of carbonyl (C=O) groups excluding carboxylic acids is 1. The number of ether oxygens (including phenoxy) is 2. The predicted molar refractivity (Wildman–Crippen MR) is 96.4 cm³/mol. The predicted octanol–water partition coefficient (Wildman–Crippen LogP) is 2.47. The summed E-state index contributed by atoms with van der Waals surface area (Å²) in [6, 6.07) is 15.9. The van der Waals surface area contributed by atoms with E-state index in [1.165, 1.54) is 0 Å². The summed E-state index contributed by atoms with van der Waals surface area (Å²) in [5.74, 6) is -4.95. The van der Waals surface area contributed by atoms with Crippen LogP contribution in [-0.4, -0.2) is 35.3 Å². The first-order valence-electron chi connectivity index (χ1n) is 8.76. The first-order valence-corrected chi connectivity index (χ1v) is 8.76. The molecule has 1 fully saturated rings. The molecular weight excluding hydrogens is 350 g/mol. The van der Waals surface area contributed by atoms with Crippen LogP contribution in [0, 0.1) is 16.0 Å². The SMILES string of the molecule is CCOC(=O)[C@@H]1[C@@H](c2ccccc2)[C@H]([N+](=O)[O-])CO[C@@]1(O)c1ccccc1. The molecular formula is C20H21NO6. The first-order chi connectivity index (χ1) is 13.0. The van der Waals surface area contributed by atoms with Crippen LogP contribution < -0.4 is 0 Å². The monoisotopic (exact) mass is 371 g/mol. The van der Waals surface area contributed by atoms with Gasteiger partial charge in [0, 0.05) is 10.5 Å². The van der Waals surface area contributed by atoms with Gasteiger partial charge in [-0.2, -0.15) is 0 Å². The van der Waals surface area contributed by atoms with Crippen molar-refractivity contribution in [2.75, 3.05) is 13.2 Å². The normalized spacial score (nSPS) is 27.7. The van der Waals surface area contributed by atoms with Crippen molar-refractivity contribution in [3.05, 3.63) is 81.9 Å². The molecule has 0 bridgehead atoms. The molecule has 7 nitrogen and oxygen atoms in total. The van der Waals surface area contributed by atoms with Crippen LogP contribution in [0.5, 0.6) is 0 Å². The summed E-state index contributed by atoms with van der Waals surface area (Å²) in [7, 11) is 0. The fourth-order valence-corrected chi connectivity index (χ4v) is 3.63. The number of benzene rings is 2. The molecule has 0 spiro atoms. The van der Waals surface area contributed by atoms with Crippen molar-refractivity contribution in [1.82, 2.24) is 0 Å². The van der Waals surface area contributed by atoms with Gasteiger partial charge in [0.2, 0.25) is 11.8 Å². The topological polar surface area (TPSA) is 98.9 Å². The third-order valence-electron chi connectivity index (χ3n) is 4.85. The summed E-state index contributed by atoms with van der Waals surface area (Å²) in [5, 5.41) is 23.1. The van der Waals surface area contributed by atoms with Crippen molar-refractivity contribution in [3.8, 4) is 0 Å². The number of carbonyl (C=O) groups is 1. The first kappa shape index (κ1) is 19.0. The third kappa shape index (κ3) is 3.56. The Bertz CT molecular complexity index is 797. The van der Waals surface area contributed by atoms with E-state index in [4.69, 9.17) is 9.47 Å². The van der Waals surface area contributed by atoms with Crippen LogP contribution in [0.3, 0.4) is 0 Å². The molecule has 2 aromatic carbocycles. The number of nitrogens with zero attached hydrogens (tertiary/aromatic N) is 1. The maximum Gasteiger partial charge on any atom is 0.315 e. The van der Waals surface area contributed by atoms with Crippen LogP contribution in [0.25, 0.3) is 0 Å². The van der Waals surface area contributed by atoms with E-state index in [1.54, 1.807) is 67.6 Å². The second-order valence-electron chi connectivity index (χ2n) is 6.39. The molecule has 27 heavy (non-hydrogen) atoms. The number of rotatable bonds is 5. The molecule has 1 N–H and O–H groups in total. The Morgan fingerprint density at radius 2 is 1.81 bits per heavy atom. The number of esters is 1. The smallest absolute Gasteiger partial charge is 0.315 e. The highest BCUT2D eigenvalue weighted by atomic mass is 16.7. The largest absolute Gasteiger partial charge is 0.466 e. The van der Waals surface area contributed by atoms with E-state index in [0.29, 0.717) is 11.1 Å². The van der Waals surface area contributed by atoms with Gasteiger partial charge in [-0.15, -0.1) is 0 Å². The van der Waals surface area contributed by atoms with Gasteiger partial charge in [-0.1, -0.05) is 60.7 Å². The molecule has 0 aromatic heterocycles. The Balaban J connectivity index is 2.16. The minimum atomic E-state index is -2.03. The average molecular weight is 371 g/mol. The zero-order chi connectivity index (χ0) is 19.4. The van der Waals surface area contributed by atoms with Gasteiger partial charge in [0.25, 0.3) is 0 Å². The fourth-order valence-electron chi connectivity index (χ4n) is 3.63. The second kappa shape index (κ2) is 7.85. The van der Waals surface area contributed by atoms with E-state index >= 15 is 0 Å². The van der Waals surface area contributed by atoms with E-state index in [-0.39, 0.29) is 13.2 Å². The van der Waals surface area contributed by atoms with E-state index < -0.39 is 34.6 Å². The highest BCUT2D eigenvalue weighted by Crippen LogP contribution is 2.47. The summed E-state index contributed by atoms with van der Waals surface area (Å²) < 4.78 is 10.7. The van der Waals surface area contributed by atoms with E-state index in [1.807, 2.05) is 0 Å². The van der Waals surface area contributed by atoms with Crippen molar-refractivity contribution in [2.45, 2.75) is 24.7 Å². The van der Waals surface area contributed by atoms with Gasteiger partial charge in [-0.05, 0) is 12.5 Å². The number of hydrogen-bond acceptors (Lipinski definition) is 6. The van der Waals surface area contributed by atoms with Gasteiger partial charge < -0.3 is 14.6 Å². The van der Waals surface area contributed by atoms with Crippen LogP contribution in [0.4, 0.5) is 0 Å². The van der Waals surface area contributed by atoms with Crippen LogP contribution in [-0.2, 0) is 20.1 Å². The van der Waals surface area contributed by atoms with Crippen molar-refractivity contribution >= 4 is 5.97 Å². The zero-order valence-electron chi connectivity index (χ0n) is 14.9. The molecule has 0 aliphatic carbocycles. The Labute approximate surface area is 156 Å². The molecule has 0 radical (unpaired) electrons. The Morgan fingerprint density at radius 3 is 2.37 bits per heavy atom. The summed E-state index contributed by atoms with van der Waals surface area (Å²) >= 11 is 0. The maximum atomic E-state index is 12.9. The minimum Gasteiger partial charge on any atom is -0.466 e. The van der Waals surface area contributed by atoms with Crippen molar-refractivity contribution in [1.29, 1.82) is 0 Å². The lowest BCUT2D eigenvalue weighted by atomic mass is 9.72. The summed E-state index contributed by atoms with van der Waals surface area (Å²) in [6.45, 7) is 1.41.